The number of nitrogens with one attached hydrogen (secondary N) is 1. The number of aromatic nitrogens is 1. The van der Waals surface area contributed by atoms with E-state index in [1.54, 1.807) is 18.2 Å². The van der Waals surface area contributed by atoms with E-state index in [0.29, 0.717) is 17.1 Å². The number of carbonyl (C=O) groups is 2. The van der Waals surface area contributed by atoms with Gasteiger partial charge in [0, 0.05) is 6.08 Å². The molecule has 1 N–H and O–H groups in total. The number of anilines is 1. The van der Waals surface area contributed by atoms with Crippen molar-refractivity contribution in [3.8, 4) is 11.5 Å². The first-order chi connectivity index (χ1) is 14.8. The lowest BCUT2D eigenvalue weighted by Gasteiger charge is -2.07. The van der Waals surface area contributed by atoms with E-state index in [-0.39, 0.29) is 9.83 Å². The van der Waals surface area contributed by atoms with E-state index >= 15 is 0 Å². The summed E-state index contributed by atoms with van der Waals surface area (Å²) in [5.74, 6) is -4.99. The molecule has 0 spiro atoms. The molecule has 3 aromatic rings. The Bertz CT molecular complexity index is 1180. The maximum absolute atomic E-state index is 13.7. The average Bonchev–Trinajstić information content (AvgIpc) is 3.16. The van der Waals surface area contributed by atoms with Crippen molar-refractivity contribution in [2.24, 2.45) is 0 Å². The summed E-state index contributed by atoms with van der Waals surface area (Å²) < 4.78 is 55.4. The number of hydrogen-bond acceptors (Lipinski definition) is 7. The number of nitrogens with zero attached hydrogens (tertiary/aromatic N) is 1. The van der Waals surface area contributed by atoms with E-state index in [1.807, 2.05) is 0 Å². The fourth-order valence-corrected chi connectivity index (χ4v) is 3.39. The van der Waals surface area contributed by atoms with Crippen LogP contribution in [0.2, 0.25) is 0 Å². The molecule has 1 heterocycles. The summed E-state index contributed by atoms with van der Waals surface area (Å²) in [6.07, 6.45) is 2.58. The highest BCUT2D eigenvalue weighted by atomic mass is 32.1. The number of ether oxygens (including phenoxy) is 3. The first-order valence-electron chi connectivity index (χ1n) is 8.63. The SMILES string of the molecule is COc1ccc(C=CC(=O)OCC(=O)Nc2nc3c(F)c(F)c(F)cc3s2)cc1OC. The second-order valence-corrected chi connectivity index (χ2v) is 6.99. The van der Waals surface area contributed by atoms with Crippen LogP contribution in [-0.4, -0.2) is 37.7 Å². The molecule has 0 aliphatic carbocycles. The summed E-state index contributed by atoms with van der Waals surface area (Å²) >= 11 is 0.745. The summed E-state index contributed by atoms with van der Waals surface area (Å²) in [5, 5.41) is 2.18. The Morgan fingerprint density at radius 1 is 1.10 bits per heavy atom. The molecule has 162 valence electrons. The standard InChI is InChI=1S/C20H15F3N2O5S/c1-28-12-5-3-10(7-13(12)29-2)4-6-16(27)30-9-15(26)24-20-25-19-14(31-20)8-11(21)17(22)18(19)23/h3-8H,9H2,1-2H3,(H,24,25,26). The first-order valence-corrected chi connectivity index (χ1v) is 9.44. The highest BCUT2D eigenvalue weighted by molar-refractivity contribution is 7.22. The van der Waals surface area contributed by atoms with Gasteiger partial charge in [-0.2, -0.15) is 0 Å². The van der Waals surface area contributed by atoms with Gasteiger partial charge in [-0.1, -0.05) is 17.4 Å². The number of fused-ring (bicyclic) bond motifs is 1. The zero-order valence-electron chi connectivity index (χ0n) is 16.2. The molecular formula is C20H15F3N2O5S. The molecule has 1 aromatic heterocycles. The van der Waals surface area contributed by atoms with Gasteiger partial charge in [-0.15, -0.1) is 0 Å². The minimum Gasteiger partial charge on any atom is -0.493 e. The summed E-state index contributed by atoms with van der Waals surface area (Å²) in [6, 6.07) is 5.78. The van der Waals surface area contributed by atoms with Crippen molar-refractivity contribution in [2.75, 3.05) is 26.1 Å². The van der Waals surface area contributed by atoms with Crippen LogP contribution in [-0.2, 0) is 14.3 Å². The summed E-state index contributed by atoms with van der Waals surface area (Å²) in [7, 11) is 2.97. The van der Waals surface area contributed by atoms with Gasteiger partial charge >= 0.3 is 5.97 Å². The number of halogens is 3. The monoisotopic (exact) mass is 452 g/mol. The van der Waals surface area contributed by atoms with Gasteiger partial charge in [0.15, 0.2) is 40.7 Å². The van der Waals surface area contributed by atoms with Crippen molar-refractivity contribution < 1.29 is 37.0 Å². The normalized spacial score (nSPS) is 11.0. The van der Waals surface area contributed by atoms with Crippen LogP contribution in [0.5, 0.6) is 11.5 Å². The Morgan fingerprint density at radius 3 is 2.55 bits per heavy atom. The van der Waals surface area contributed by atoms with Crippen molar-refractivity contribution in [3.05, 3.63) is 53.4 Å². The lowest BCUT2D eigenvalue weighted by molar-refractivity contribution is -0.142. The molecule has 31 heavy (non-hydrogen) atoms. The van der Waals surface area contributed by atoms with Crippen LogP contribution in [0.1, 0.15) is 5.56 Å². The number of rotatable bonds is 7. The van der Waals surface area contributed by atoms with E-state index in [0.717, 1.165) is 23.5 Å². The van der Waals surface area contributed by atoms with Gasteiger partial charge in [0.2, 0.25) is 0 Å². The van der Waals surface area contributed by atoms with Crippen molar-refractivity contribution in [2.45, 2.75) is 0 Å². The van der Waals surface area contributed by atoms with E-state index in [2.05, 4.69) is 10.3 Å². The summed E-state index contributed by atoms with van der Waals surface area (Å²) in [5.41, 5.74) is 0.226. The van der Waals surface area contributed by atoms with E-state index in [1.165, 1.54) is 20.3 Å². The molecule has 3 rings (SSSR count). The van der Waals surface area contributed by atoms with E-state index < -0.39 is 41.5 Å². The zero-order chi connectivity index (χ0) is 22.5. The predicted octanol–water partition coefficient (Wildman–Crippen LogP) is 3.93. The molecule has 0 aliphatic heterocycles. The molecule has 0 aliphatic rings. The molecule has 0 unspecified atom stereocenters. The third-order valence-corrected chi connectivity index (χ3v) is 4.85. The van der Waals surface area contributed by atoms with Crippen molar-refractivity contribution in [1.29, 1.82) is 0 Å². The minimum atomic E-state index is -1.65. The van der Waals surface area contributed by atoms with Crippen LogP contribution in [0.3, 0.4) is 0 Å². The van der Waals surface area contributed by atoms with Crippen LogP contribution in [0.4, 0.5) is 18.3 Å². The van der Waals surface area contributed by atoms with Crippen LogP contribution >= 0.6 is 11.3 Å². The molecule has 0 atom stereocenters. The maximum Gasteiger partial charge on any atom is 0.331 e. The number of hydrogen-bond donors (Lipinski definition) is 1. The lowest BCUT2D eigenvalue weighted by atomic mass is 10.2. The van der Waals surface area contributed by atoms with Gasteiger partial charge in [0.1, 0.15) is 5.52 Å². The molecule has 0 saturated carbocycles. The number of esters is 1. The second kappa shape index (κ2) is 9.47. The van der Waals surface area contributed by atoms with Crippen LogP contribution in [0, 0.1) is 17.5 Å². The summed E-state index contributed by atoms with van der Waals surface area (Å²) in [6.45, 7) is -0.643. The number of benzene rings is 2. The van der Waals surface area contributed by atoms with Gasteiger partial charge in [-0.25, -0.2) is 22.9 Å². The smallest absolute Gasteiger partial charge is 0.331 e. The topological polar surface area (TPSA) is 86.8 Å². The fourth-order valence-electron chi connectivity index (χ4n) is 2.49. The molecule has 1 amide bonds. The number of amides is 1. The van der Waals surface area contributed by atoms with E-state index in [4.69, 9.17) is 14.2 Å². The van der Waals surface area contributed by atoms with Crippen molar-refractivity contribution in [1.82, 2.24) is 4.98 Å². The lowest BCUT2D eigenvalue weighted by Crippen LogP contribution is -2.20. The zero-order valence-corrected chi connectivity index (χ0v) is 17.0. The van der Waals surface area contributed by atoms with Crippen molar-refractivity contribution in [3.63, 3.8) is 0 Å². The third kappa shape index (κ3) is 5.12. The van der Waals surface area contributed by atoms with E-state index in [9.17, 15) is 22.8 Å². The van der Waals surface area contributed by atoms with Gasteiger partial charge in [0.05, 0.1) is 18.9 Å². The Morgan fingerprint density at radius 2 is 1.84 bits per heavy atom. The Kier molecular flexibility index (Phi) is 6.75. The number of methoxy groups -OCH3 is 2. The third-order valence-electron chi connectivity index (χ3n) is 3.93. The molecular weight excluding hydrogens is 437 g/mol. The fraction of sp³-hybridized carbons (Fsp3) is 0.150. The average molecular weight is 452 g/mol. The molecule has 11 heteroatoms. The van der Waals surface area contributed by atoms with Crippen LogP contribution in [0.15, 0.2) is 30.3 Å². The van der Waals surface area contributed by atoms with Gasteiger partial charge in [-0.3, -0.25) is 10.1 Å². The second-order valence-electron chi connectivity index (χ2n) is 5.96. The Labute approximate surface area is 178 Å². The number of thiazole rings is 1. The molecule has 0 radical (unpaired) electrons. The molecule has 7 nitrogen and oxygen atoms in total. The van der Waals surface area contributed by atoms with Gasteiger partial charge < -0.3 is 14.2 Å². The quantitative estimate of drug-likeness (QED) is 0.332. The Hall–Kier alpha value is -3.60. The first kappa shape index (κ1) is 22.1. The van der Waals surface area contributed by atoms with Gasteiger partial charge in [0.25, 0.3) is 5.91 Å². The largest absolute Gasteiger partial charge is 0.493 e. The minimum absolute atomic E-state index is 0.0153. The number of carbonyl (C=O) groups excluding carboxylic acids is 2. The highest BCUT2D eigenvalue weighted by Gasteiger charge is 2.18. The summed E-state index contributed by atoms with van der Waals surface area (Å²) in [4.78, 5) is 27.5. The highest BCUT2D eigenvalue weighted by Crippen LogP contribution is 2.30. The molecule has 0 bridgehead atoms. The van der Waals surface area contributed by atoms with Crippen LogP contribution < -0.4 is 14.8 Å². The predicted molar refractivity (Wildman–Crippen MR) is 108 cm³/mol. The Balaban J connectivity index is 1.57. The molecule has 2 aromatic carbocycles. The molecule has 0 fully saturated rings. The van der Waals surface area contributed by atoms with Crippen LogP contribution in [0.25, 0.3) is 16.3 Å². The molecule has 0 saturated heterocycles. The van der Waals surface area contributed by atoms with Crippen molar-refractivity contribution >= 4 is 44.6 Å². The maximum atomic E-state index is 13.7. The van der Waals surface area contributed by atoms with Gasteiger partial charge in [-0.05, 0) is 29.8 Å².